The molecule has 0 aliphatic rings. The molecule has 0 radical (unpaired) electrons. The molecule has 1 aromatic heterocycles. The lowest BCUT2D eigenvalue weighted by Crippen LogP contribution is -1.97. The van der Waals surface area contributed by atoms with Crippen molar-refractivity contribution < 1.29 is 14.1 Å². The van der Waals surface area contributed by atoms with Gasteiger partial charge >= 0.3 is 5.69 Å². The molecule has 19 heavy (non-hydrogen) atoms. The van der Waals surface area contributed by atoms with Gasteiger partial charge < -0.3 is 4.74 Å². The lowest BCUT2D eigenvalue weighted by molar-refractivity contribution is -0.385. The topological polar surface area (TPSA) is 78.2 Å². The van der Waals surface area contributed by atoms with Crippen LogP contribution in [0.5, 0.6) is 11.6 Å². The van der Waals surface area contributed by atoms with Crippen LogP contribution in [0.1, 0.15) is 0 Å². The Kier molecular flexibility index (Phi) is 3.77. The fourth-order valence-corrected chi connectivity index (χ4v) is 1.52. The van der Waals surface area contributed by atoms with Crippen molar-refractivity contribution >= 4 is 28.9 Å². The first-order valence-electron chi connectivity index (χ1n) is 4.77. The maximum absolute atomic E-state index is 13.4. The van der Waals surface area contributed by atoms with Crippen molar-refractivity contribution in [2.75, 3.05) is 0 Å². The van der Waals surface area contributed by atoms with Crippen LogP contribution in [0.15, 0.2) is 24.4 Å². The summed E-state index contributed by atoms with van der Waals surface area (Å²) in [7, 11) is 0. The van der Waals surface area contributed by atoms with Gasteiger partial charge in [0.1, 0.15) is 0 Å². The van der Waals surface area contributed by atoms with Gasteiger partial charge in [0.15, 0.2) is 0 Å². The first kappa shape index (κ1) is 13.4. The molecule has 0 fully saturated rings. The van der Waals surface area contributed by atoms with Crippen LogP contribution >= 0.6 is 23.2 Å². The number of ether oxygens (including phenoxy) is 1. The zero-order valence-electron chi connectivity index (χ0n) is 9.01. The minimum atomic E-state index is -0.895. The quantitative estimate of drug-likeness (QED) is 0.491. The van der Waals surface area contributed by atoms with Crippen LogP contribution in [0, 0.1) is 15.9 Å². The van der Waals surface area contributed by atoms with E-state index >= 15 is 0 Å². The van der Waals surface area contributed by atoms with E-state index in [0.29, 0.717) is 0 Å². The highest BCUT2D eigenvalue weighted by Gasteiger charge is 2.19. The number of aromatic nitrogens is 2. The van der Waals surface area contributed by atoms with Crippen molar-refractivity contribution in [3.63, 3.8) is 0 Å². The van der Waals surface area contributed by atoms with E-state index in [1.165, 1.54) is 12.1 Å². The molecule has 2 aromatic rings. The molecule has 0 N–H and O–H groups in total. The summed E-state index contributed by atoms with van der Waals surface area (Å²) < 4.78 is 18.4. The average molecular weight is 304 g/mol. The third kappa shape index (κ3) is 3.07. The molecule has 1 aromatic carbocycles. The first-order valence-corrected chi connectivity index (χ1v) is 5.53. The normalized spacial score (nSPS) is 10.3. The Morgan fingerprint density at radius 3 is 2.79 bits per heavy atom. The van der Waals surface area contributed by atoms with Gasteiger partial charge in [0.05, 0.1) is 11.1 Å². The van der Waals surface area contributed by atoms with Crippen molar-refractivity contribution in [3.8, 4) is 11.6 Å². The van der Waals surface area contributed by atoms with E-state index in [-0.39, 0.29) is 16.1 Å². The molecule has 0 amide bonds. The second kappa shape index (κ2) is 5.33. The molecular formula is C10H4Cl2FN3O3. The van der Waals surface area contributed by atoms with Crippen LogP contribution in [-0.2, 0) is 0 Å². The van der Waals surface area contributed by atoms with Gasteiger partial charge in [-0.2, -0.15) is 9.37 Å². The smallest absolute Gasteiger partial charge is 0.313 e. The van der Waals surface area contributed by atoms with Crippen molar-refractivity contribution in [2.24, 2.45) is 0 Å². The van der Waals surface area contributed by atoms with Crippen LogP contribution < -0.4 is 4.74 Å². The highest BCUT2D eigenvalue weighted by molar-refractivity contribution is 6.30. The minimum Gasteiger partial charge on any atom is -0.429 e. The van der Waals surface area contributed by atoms with Gasteiger partial charge in [0.25, 0.3) is 5.88 Å². The molecule has 0 saturated carbocycles. The molecule has 0 spiro atoms. The summed E-state index contributed by atoms with van der Waals surface area (Å²) in [5.41, 5.74) is -0.415. The lowest BCUT2D eigenvalue weighted by atomic mass is 10.3. The third-order valence-corrected chi connectivity index (χ3v) is 2.42. The summed E-state index contributed by atoms with van der Waals surface area (Å²) in [5.74, 6) is -1.61. The van der Waals surface area contributed by atoms with Gasteiger partial charge in [-0.1, -0.05) is 11.6 Å². The number of nitrogens with zero attached hydrogens (tertiary/aromatic N) is 3. The molecular weight excluding hydrogens is 300 g/mol. The van der Waals surface area contributed by atoms with E-state index in [0.717, 1.165) is 12.3 Å². The van der Waals surface area contributed by atoms with Crippen molar-refractivity contribution in [1.29, 1.82) is 0 Å². The fourth-order valence-electron chi connectivity index (χ4n) is 1.23. The van der Waals surface area contributed by atoms with E-state index in [9.17, 15) is 14.5 Å². The summed E-state index contributed by atoms with van der Waals surface area (Å²) in [6.45, 7) is 0. The molecule has 0 aliphatic carbocycles. The number of hydrogen-bond donors (Lipinski definition) is 0. The third-order valence-electron chi connectivity index (χ3n) is 2.01. The van der Waals surface area contributed by atoms with Gasteiger partial charge in [0, 0.05) is 11.1 Å². The number of halogens is 3. The first-order chi connectivity index (χ1) is 8.97. The van der Waals surface area contributed by atoms with Crippen LogP contribution in [0.3, 0.4) is 0 Å². The SMILES string of the molecule is O=[N+]([O-])c1cc(Cl)ccc1Oc1nc(Cl)ncc1F. The Morgan fingerprint density at radius 1 is 1.37 bits per heavy atom. The zero-order valence-corrected chi connectivity index (χ0v) is 10.5. The van der Waals surface area contributed by atoms with Crippen molar-refractivity contribution in [3.05, 3.63) is 50.6 Å². The molecule has 98 valence electrons. The molecule has 9 heteroatoms. The predicted octanol–water partition coefficient (Wildman–Crippen LogP) is 3.62. The Morgan fingerprint density at radius 2 is 2.11 bits per heavy atom. The van der Waals surface area contributed by atoms with Crippen LogP contribution in [0.2, 0.25) is 10.3 Å². The minimum absolute atomic E-state index is 0.153. The maximum atomic E-state index is 13.4. The Balaban J connectivity index is 2.43. The van der Waals surface area contributed by atoms with Crippen LogP contribution in [0.4, 0.5) is 10.1 Å². The van der Waals surface area contributed by atoms with Gasteiger partial charge in [-0.15, -0.1) is 0 Å². The Labute approximate surface area is 115 Å². The van der Waals surface area contributed by atoms with Crippen molar-refractivity contribution in [1.82, 2.24) is 9.97 Å². The summed E-state index contributed by atoms with van der Waals surface area (Å²) in [6.07, 6.45) is 0.798. The molecule has 0 bridgehead atoms. The standard InChI is InChI=1S/C10H4Cl2FN3O3/c11-5-1-2-8(7(3-5)16(17)18)19-9-6(13)4-14-10(12)15-9/h1-4H. The number of nitro benzene ring substituents is 1. The zero-order chi connectivity index (χ0) is 14.0. The fraction of sp³-hybridized carbons (Fsp3) is 0. The Bertz CT molecular complexity index is 654. The maximum Gasteiger partial charge on any atom is 0.313 e. The van der Waals surface area contributed by atoms with E-state index < -0.39 is 22.3 Å². The lowest BCUT2D eigenvalue weighted by Gasteiger charge is -2.06. The van der Waals surface area contributed by atoms with Gasteiger partial charge in [-0.3, -0.25) is 10.1 Å². The summed E-state index contributed by atoms with van der Waals surface area (Å²) in [4.78, 5) is 17.0. The number of nitro groups is 1. The van der Waals surface area contributed by atoms with Gasteiger partial charge in [-0.25, -0.2) is 4.98 Å². The number of rotatable bonds is 3. The molecule has 0 unspecified atom stereocenters. The van der Waals surface area contributed by atoms with Crippen molar-refractivity contribution in [2.45, 2.75) is 0 Å². The Hall–Kier alpha value is -1.99. The van der Waals surface area contributed by atoms with E-state index in [2.05, 4.69) is 9.97 Å². The van der Waals surface area contributed by atoms with Crippen LogP contribution in [0.25, 0.3) is 0 Å². The number of hydrogen-bond acceptors (Lipinski definition) is 5. The van der Waals surface area contributed by atoms with Gasteiger partial charge in [0.2, 0.25) is 16.9 Å². The summed E-state index contributed by atoms with van der Waals surface area (Å²) in [6, 6.07) is 3.68. The highest BCUT2D eigenvalue weighted by atomic mass is 35.5. The van der Waals surface area contributed by atoms with E-state index in [1.54, 1.807) is 0 Å². The summed E-state index contributed by atoms with van der Waals surface area (Å²) >= 11 is 11.1. The molecule has 0 aliphatic heterocycles. The second-order valence-electron chi connectivity index (χ2n) is 3.26. The molecule has 0 atom stereocenters. The monoisotopic (exact) mass is 303 g/mol. The average Bonchev–Trinajstić information content (AvgIpc) is 2.35. The highest BCUT2D eigenvalue weighted by Crippen LogP contribution is 2.33. The van der Waals surface area contributed by atoms with Crippen LogP contribution in [-0.4, -0.2) is 14.9 Å². The van der Waals surface area contributed by atoms with Gasteiger partial charge in [-0.05, 0) is 23.7 Å². The van der Waals surface area contributed by atoms with E-state index in [4.69, 9.17) is 27.9 Å². The molecule has 2 rings (SSSR count). The number of benzene rings is 1. The largest absolute Gasteiger partial charge is 0.429 e. The van der Waals surface area contributed by atoms with E-state index in [1.807, 2.05) is 0 Å². The summed E-state index contributed by atoms with van der Waals surface area (Å²) in [5, 5.41) is 10.7. The molecule has 1 heterocycles. The second-order valence-corrected chi connectivity index (χ2v) is 4.04. The predicted molar refractivity (Wildman–Crippen MR) is 65.2 cm³/mol. The molecule has 0 saturated heterocycles. The molecule has 6 nitrogen and oxygen atoms in total.